The normalized spacial score (nSPS) is 20.0. The van der Waals surface area contributed by atoms with Crippen LogP contribution < -0.4 is 10.5 Å². The molecule has 0 amide bonds. The Morgan fingerprint density at radius 2 is 1.85 bits per heavy atom. The Hall–Kier alpha value is -3.41. The number of benzene rings is 2. The van der Waals surface area contributed by atoms with Crippen molar-refractivity contribution < 1.29 is 13.9 Å². The maximum absolute atomic E-state index is 13.3. The van der Waals surface area contributed by atoms with Gasteiger partial charge >= 0.3 is 0 Å². The zero-order chi connectivity index (χ0) is 17.7. The molecule has 6 heteroatoms. The van der Waals surface area contributed by atoms with Gasteiger partial charge in [0.15, 0.2) is 5.54 Å². The number of ether oxygens (including phenoxy) is 2. The number of nitrogens with zero attached hydrogens (tertiary/aromatic N) is 2. The van der Waals surface area contributed by atoms with Gasteiger partial charge in [0.2, 0.25) is 5.95 Å². The van der Waals surface area contributed by atoms with Gasteiger partial charge < -0.3 is 15.2 Å². The van der Waals surface area contributed by atoms with E-state index < -0.39 is 11.5 Å². The van der Waals surface area contributed by atoms with Crippen molar-refractivity contribution in [3.8, 4) is 22.6 Å². The molecule has 0 saturated carbocycles. The van der Waals surface area contributed by atoms with Crippen molar-refractivity contribution >= 4 is 6.02 Å². The number of para-hydroxylation sites is 1. The summed E-state index contributed by atoms with van der Waals surface area (Å²) in [6.45, 7) is 0.276. The lowest BCUT2D eigenvalue weighted by atomic mass is 9.78. The SMILES string of the molecule is NC1=NC2(CO1)c1ccccc1Oc1cccc(-c3ccc(F)nc3)c12. The zero-order valence-corrected chi connectivity index (χ0v) is 13.6. The van der Waals surface area contributed by atoms with Gasteiger partial charge in [0.1, 0.15) is 18.1 Å². The number of fused-ring (bicyclic) bond motifs is 4. The van der Waals surface area contributed by atoms with Crippen molar-refractivity contribution in [2.45, 2.75) is 5.54 Å². The van der Waals surface area contributed by atoms with Crippen LogP contribution in [0.3, 0.4) is 0 Å². The second-order valence-electron chi connectivity index (χ2n) is 6.25. The van der Waals surface area contributed by atoms with E-state index in [9.17, 15) is 4.39 Å². The van der Waals surface area contributed by atoms with Gasteiger partial charge in [0, 0.05) is 22.9 Å². The molecule has 0 bridgehead atoms. The molecule has 0 saturated heterocycles. The molecule has 0 radical (unpaired) electrons. The minimum Gasteiger partial charge on any atom is -0.462 e. The van der Waals surface area contributed by atoms with Crippen LogP contribution in [0.1, 0.15) is 11.1 Å². The predicted octanol–water partition coefficient (Wildman–Crippen LogP) is 3.58. The summed E-state index contributed by atoms with van der Waals surface area (Å²) < 4.78 is 25.0. The molecule has 0 fully saturated rings. The summed E-state index contributed by atoms with van der Waals surface area (Å²) in [7, 11) is 0. The molecule has 1 aromatic heterocycles. The molecule has 5 rings (SSSR count). The van der Waals surface area contributed by atoms with Gasteiger partial charge in [-0.2, -0.15) is 4.39 Å². The number of hydrogen-bond donors (Lipinski definition) is 1. The summed E-state index contributed by atoms with van der Waals surface area (Å²) in [5, 5.41) is 0. The minimum atomic E-state index is -0.806. The number of halogens is 1. The molecule has 5 nitrogen and oxygen atoms in total. The smallest absolute Gasteiger partial charge is 0.283 e. The van der Waals surface area contributed by atoms with Gasteiger partial charge in [0.25, 0.3) is 6.02 Å². The van der Waals surface area contributed by atoms with Crippen LogP contribution in [0.2, 0.25) is 0 Å². The maximum Gasteiger partial charge on any atom is 0.283 e. The van der Waals surface area contributed by atoms with Crippen molar-refractivity contribution in [3.63, 3.8) is 0 Å². The molecule has 2 aliphatic heterocycles. The highest BCUT2D eigenvalue weighted by molar-refractivity contribution is 5.80. The first kappa shape index (κ1) is 14.9. The van der Waals surface area contributed by atoms with Gasteiger partial charge in [-0.15, -0.1) is 0 Å². The number of amidine groups is 1. The number of aromatic nitrogens is 1. The fraction of sp³-hybridized carbons (Fsp3) is 0.100. The van der Waals surface area contributed by atoms with Gasteiger partial charge in [-0.05, 0) is 29.8 Å². The lowest BCUT2D eigenvalue weighted by Gasteiger charge is -2.35. The molecule has 1 spiro atoms. The van der Waals surface area contributed by atoms with E-state index in [-0.39, 0.29) is 12.6 Å². The fourth-order valence-corrected chi connectivity index (χ4v) is 3.67. The van der Waals surface area contributed by atoms with Crippen molar-refractivity contribution in [3.05, 3.63) is 77.9 Å². The van der Waals surface area contributed by atoms with Crippen molar-refractivity contribution in [2.75, 3.05) is 6.61 Å². The Kier molecular flexibility index (Phi) is 3.03. The van der Waals surface area contributed by atoms with Crippen molar-refractivity contribution in [1.82, 2.24) is 4.98 Å². The Bertz CT molecular complexity index is 1050. The van der Waals surface area contributed by atoms with Crippen LogP contribution in [0.15, 0.2) is 65.8 Å². The number of rotatable bonds is 1. The molecule has 26 heavy (non-hydrogen) atoms. The summed E-state index contributed by atoms with van der Waals surface area (Å²) >= 11 is 0. The minimum absolute atomic E-state index is 0.139. The standard InChI is InChI=1S/C20H14FN3O2/c21-17-9-8-12(10-23-17)13-4-3-7-16-18(13)20(11-25-19(22)24-20)14-5-1-2-6-15(14)26-16/h1-10H,11H2,(H2,22,24). The first-order valence-corrected chi connectivity index (χ1v) is 8.18. The van der Waals surface area contributed by atoms with Crippen LogP contribution in [-0.2, 0) is 10.3 Å². The van der Waals surface area contributed by atoms with Crippen LogP contribution in [0.4, 0.5) is 4.39 Å². The van der Waals surface area contributed by atoms with Crippen LogP contribution >= 0.6 is 0 Å². The summed E-state index contributed by atoms with van der Waals surface area (Å²) in [6, 6.07) is 16.6. The summed E-state index contributed by atoms with van der Waals surface area (Å²) in [6.07, 6.45) is 1.50. The Labute approximate surface area is 148 Å². The molecule has 128 valence electrons. The average Bonchev–Trinajstić information content (AvgIpc) is 3.04. The van der Waals surface area contributed by atoms with Crippen molar-refractivity contribution in [1.29, 1.82) is 0 Å². The third-order valence-electron chi connectivity index (χ3n) is 4.76. The number of pyridine rings is 1. The molecular weight excluding hydrogens is 333 g/mol. The van der Waals surface area contributed by atoms with Gasteiger partial charge in [-0.25, -0.2) is 9.98 Å². The highest BCUT2D eigenvalue weighted by atomic mass is 19.1. The molecule has 0 aliphatic carbocycles. The van der Waals surface area contributed by atoms with E-state index in [0.29, 0.717) is 5.75 Å². The Morgan fingerprint density at radius 1 is 1.00 bits per heavy atom. The highest BCUT2D eigenvalue weighted by Gasteiger charge is 2.48. The van der Waals surface area contributed by atoms with Crippen LogP contribution in [-0.4, -0.2) is 17.6 Å². The summed E-state index contributed by atoms with van der Waals surface area (Å²) in [5.41, 5.74) is 8.43. The van der Waals surface area contributed by atoms with E-state index in [2.05, 4.69) is 9.98 Å². The van der Waals surface area contributed by atoms with Gasteiger partial charge in [0.05, 0.1) is 0 Å². The molecule has 1 atom stereocenters. The molecule has 2 aromatic carbocycles. The first-order chi connectivity index (χ1) is 12.7. The van der Waals surface area contributed by atoms with Crippen LogP contribution in [0.5, 0.6) is 11.5 Å². The fourth-order valence-electron chi connectivity index (χ4n) is 3.67. The molecule has 1 unspecified atom stereocenters. The quantitative estimate of drug-likeness (QED) is 0.683. The number of hydrogen-bond acceptors (Lipinski definition) is 5. The van der Waals surface area contributed by atoms with Gasteiger partial charge in [-0.1, -0.05) is 30.3 Å². The van der Waals surface area contributed by atoms with Crippen molar-refractivity contribution in [2.24, 2.45) is 10.7 Å². The van der Waals surface area contributed by atoms with Crippen LogP contribution in [0.25, 0.3) is 11.1 Å². The second kappa shape index (κ2) is 5.29. The number of nitrogens with two attached hydrogens (primary N) is 1. The highest BCUT2D eigenvalue weighted by Crippen LogP contribution is 2.53. The van der Waals surface area contributed by atoms with E-state index in [1.165, 1.54) is 12.3 Å². The second-order valence-corrected chi connectivity index (χ2v) is 6.25. The van der Waals surface area contributed by atoms with E-state index in [4.69, 9.17) is 15.2 Å². The molecule has 2 aliphatic rings. The predicted molar refractivity (Wildman–Crippen MR) is 94.5 cm³/mol. The topological polar surface area (TPSA) is 69.7 Å². The molecule has 3 heterocycles. The van der Waals surface area contributed by atoms with E-state index in [1.807, 2.05) is 42.5 Å². The van der Waals surface area contributed by atoms with E-state index in [1.54, 1.807) is 6.07 Å². The Balaban J connectivity index is 1.82. The van der Waals surface area contributed by atoms with Crippen LogP contribution in [0, 0.1) is 5.95 Å². The zero-order valence-electron chi connectivity index (χ0n) is 13.6. The lowest BCUT2D eigenvalue weighted by molar-refractivity contribution is 0.265. The third-order valence-corrected chi connectivity index (χ3v) is 4.76. The lowest BCUT2D eigenvalue weighted by Crippen LogP contribution is -2.31. The van der Waals surface area contributed by atoms with Gasteiger partial charge in [-0.3, -0.25) is 0 Å². The summed E-state index contributed by atoms with van der Waals surface area (Å²) in [4.78, 5) is 8.44. The average molecular weight is 347 g/mol. The van der Waals surface area contributed by atoms with E-state index in [0.717, 1.165) is 28.0 Å². The Morgan fingerprint density at radius 3 is 2.62 bits per heavy atom. The van der Waals surface area contributed by atoms with E-state index >= 15 is 0 Å². The third kappa shape index (κ3) is 2.02. The molecule has 3 aromatic rings. The maximum atomic E-state index is 13.3. The number of aliphatic imine (C=N–C) groups is 1. The molecule has 2 N–H and O–H groups in total. The summed E-state index contributed by atoms with van der Waals surface area (Å²) in [5.74, 6) is 0.866. The first-order valence-electron chi connectivity index (χ1n) is 8.18. The monoisotopic (exact) mass is 347 g/mol. The molecular formula is C20H14FN3O2. The largest absolute Gasteiger partial charge is 0.462 e.